The normalized spacial score (nSPS) is 15.7. The van der Waals surface area contributed by atoms with E-state index < -0.39 is 17.8 Å². The summed E-state index contributed by atoms with van der Waals surface area (Å²) >= 11 is 0. The molecule has 1 unspecified atom stereocenters. The quantitative estimate of drug-likeness (QED) is 0.522. The molecule has 1 saturated heterocycles. The van der Waals surface area contributed by atoms with E-state index in [0.717, 1.165) is 18.0 Å². The van der Waals surface area contributed by atoms with Crippen LogP contribution in [0.4, 0.5) is 19.0 Å². The van der Waals surface area contributed by atoms with Crippen molar-refractivity contribution in [1.29, 1.82) is 0 Å². The molecule has 1 fully saturated rings. The minimum atomic E-state index is -4.39. The smallest absolute Gasteiger partial charge is 0.417 e. The summed E-state index contributed by atoms with van der Waals surface area (Å²) < 4.78 is 49.6. The van der Waals surface area contributed by atoms with Crippen LogP contribution >= 0.6 is 0 Å². The van der Waals surface area contributed by atoms with E-state index in [-0.39, 0.29) is 6.61 Å². The largest absolute Gasteiger partial charge is 0.491 e. The highest BCUT2D eigenvalue weighted by Crippen LogP contribution is 2.29. The Morgan fingerprint density at radius 3 is 2.12 bits per heavy atom. The maximum atomic E-state index is 12.7. The summed E-state index contributed by atoms with van der Waals surface area (Å²) in [5.41, 5.74) is -0.753. The summed E-state index contributed by atoms with van der Waals surface area (Å²) in [5, 5.41) is 10.4. The molecule has 3 aromatic rings. The third-order valence-electron chi connectivity index (χ3n) is 5.49. The van der Waals surface area contributed by atoms with Crippen LogP contribution in [0.5, 0.6) is 17.2 Å². The summed E-state index contributed by atoms with van der Waals surface area (Å²) in [4.78, 5) is 8.00. The average molecular weight is 473 g/mol. The van der Waals surface area contributed by atoms with Gasteiger partial charge in [-0.15, -0.1) is 0 Å². The van der Waals surface area contributed by atoms with Crippen molar-refractivity contribution in [2.24, 2.45) is 0 Å². The van der Waals surface area contributed by atoms with Gasteiger partial charge in [0.05, 0.1) is 5.56 Å². The third-order valence-corrected chi connectivity index (χ3v) is 5.49. The number of β-amino-alcohol motifs (C(OH)–C–C–N with tert-alkyl or cyclic N) is 1. The van der Waals surface area contributed by atoms with Gasteiger partial charge in [-0.2, -0.15) is 13.2 Å². The molecule has 1 atom stereocenters. The second-order valence-electron chi connectivity index (χ2n) is 8.04. The first-order chi connectivity index (χ1) is 16.4. The van der Waals surface area contributed by atoms with Gasteiger partial charge >= 0.3 is 6.18 Å². The van der Waals surface area contributed by atoms with Gasteiger partial charge in [0.1, 0.15) is 35.8 Å². The van der Waals surface area contributed by atoms with Crippen LogP contribution in [0.25, 0.3) is 0 Å². The summed E-state index contributed by atoms with van der Waals surface area (Å²) in [5.74, 6) is 2.61. The van der Waals surface area contributed by atoms with Gasteiger partial charge in [-0.05, 0) is 48.5 Å². The van der Waals surface area contributed by atoms with Crippen LogP contribution < -0.4 is 14.4 Å². The molecule has 6 nitrogen and oxygen atoms in total. The molecule has 1 aliphatic rings. The topological polar surface area (TPSA) is 58.1 Å². The molecule has 0 spiro atoms. The van der Waals surface area contributed by atoms with E-state index in [9.17, 15) is 18.3 Å². The van der Waals surface area contributed by atoms with Crippen LogP contribution in [0, 0.1) is 0 Å². The highest BCUT2D eigenvalue weighted by Gasteiger charge is 2.31. The molecule has 34 heavy (non-hydrogen) atoms. The fraction of sp³-hybridized carbons (Fsp3) is 0.320. The number of aliphatic hydroxyl groups is 1. The van der Waals surface area contributed by atoms with Crippen molar-refractivity contribution in [1.82, 2.24) is 9.88 Å². The molecule has 2 heterocycles. The molecule has 4 rings (SSSR count). The van der Waals surface area contributed by atoms with Crippen LogP contribution in [-0.4, -0.2) is 60.4 Å². The number of alkyl halides is 3. The molecule has 0 aliphatic carbocycles. The Morgan fingerprint density at radius 2 is 1.50 bits per heavy atom. The Kier molecular flexibility index (Phi) is 7.54. The number of hydrogen-bond acceptors (Lipinski definition) is 6. The Labute approximate surface area is 196 Å². The number of para-hydroxylation sites is 1. The Morgan fingerprint density at radius 1 is 0.853 bits per heavy atom. The lowest BCUT2D eigenvalue weighted by Crippen LogP contribution is -2.49. The first kappa shape index (κ1) is 23.8. The van der Waals surface area contributed by atoms with Crippen molar-refractivity contribution in [3.63, 3.8) is 0 Å². The lowest BCUT2D eigenvalue weighted by Gasteiger charge is -2.36. The van der Waals surface area contributed by atoms with Crippen molar-refractivity contribution in [2.75, 3.05) is 44.2 Å². The number of ether oxygens (including phenoxy) is 2. The number of aromatic nitrogens is 1. The Hall–Kier alpha value is -3.30. The van der Waals surface area contributed by atoms with E-state index in [1.54, 1.807) is 12.1 Å². The number of rotatable bonds is 8. The van der Waals surface area contributed by atoms with Crippen LogP contribution in [-0.2, 0) is 6.18 Å². The average Bonchev–Trinajstić information content (AvgIpc) is 2.84. The van der Waals surface area contributed by atoms with Crippen molar-refractivity contribution in [3.05, 3.63) is 78.5 Å². The Balaban J connectivity index is 1.18. The maximum Gasteiger partial charge on any atom is 0.417 e. The molecule has 1 aromatic heterocycles. The molecule has 0 saturated carbocycles. The molecule has 2 aromatic carbocycles. The predicted octanol–water partition coefficient (Wildman–Crippen LogP) is 4.45. The van der Waals surface area contributed by atoms with Gasteiger partial charge in [0.15, 0.2) is 0 Å². The summed E-state index contributed by atoms with van der Waals surface area (Å²) in [6, 6.07) is 19.1. The summed E-state index contributed by atoms with van der Waals surface area (Å²) in [7, 11) is 0. The fourth-order valence-corrected chi connectivity index (χ4v) is 3.67. The molecule has 180 valence electrons. The summed E-state index contributed by atoms with van der Waals surface area (Å²) in [6.45, 7) is 3.18. The number of piperazine rings is 1. The monoisotopic (exact) mass is 473 g/mol. The maximum absolute atomic E-state index is 12.7. The first-order valence-corrected chi connectivity index (χ1v) is 11.0. The van der Waals surface area contributed by atoms with E-state index in [4.69, 9.17) is 9.47 Å². The molecule has 0 radical (unpaired) electrons. The van der Waals surface area contributed by atoms with Gasteiger partial charge < -0.3 is 19.5 Å². The van der Waals surface area contributed by atoms with Crippen molar-refractivity contribution < 1.29 is 27.8 Å². The van der Waals surface area contributed by atoms with E-state index >= 15 is 0 Å². The van der Waals surface area contributed by atoms with Crippen LogP contribution in [0.1, 0.15) is 5.56 Å². The standard InChI is InChI=1S/C25H26F3N3O3/c26-25(27,28)19-6-11-24(29-16-19)31-14-12-30(13-15-31)17-20(32)18-33-21-7-9-23(10-8-21)34-22-4-2-1-3-5-22/h1-11,16,20,32H,12-15,17-18H2. The van der Waals surface area contributed by atoms with Crippen LogP contribution in [0.2, 0.25) is 0 Å². The van der Waals surface area contributed by atoms with Crippen LogP contribution in [0.15, 0.2) is 72.9 Å². The molecule has 1 aliphatic heterocycles. The number of anilines is 1. The van der Waals surface area contributed by atoms with Crippen LogP contribution in [0.3, 0.4) is 0 Å². The molecule has 0 bridgehead atoms. The third kappa shape index (κ3) is 6.61. The van der Waals surface area contributed by atoms with Crippen molar-refractivity contribution >= 4 is 5.82 Å². The lowest BCUT2D eigenvalue weighted by molar-refractivity contribution is -0.137. The molecular weight excluding hydrogens is 447 g/mol. The minimum absolute atomic E-state index is 0.152. The number of aliphatic hydroxyl groups excluding tert-OH is 1. The number of benzene rings is 2. The highest BCUT2D eigenvalue weighted by atomic mass is 19.4. The number of hydrogen-bond donors (Lipinski definition) is 1. The fourth-order valence-electron chi connectivity index (χ4n) is 3.67. The SMILES string of the molecule is OC(COc1ccc(Oc2ccccc2)cc1)CN1CCN(c2ccc(C(F)(F)F)cn2)CC1. The van der Waals surface area contributed by atoms with Gasteiger partial charge in [0.2, 0.25) is 0 Å². The van der Waals surface area contributed by atoms with Gasteiger partial charge in [0.25, 0.3) is 0 Å². The zero-order valence-corrected chi connectivity index (χ0v) is 18.5. The van der Waals surface area contributed by atoms with E-state index in [1.165, 1.54) is 6.07 Å². The molecule has 9 heteroatoms. The highest BCUT2D eigenvalue weighted by molar-refractivity contribution is 5.40. The van der Waals surface area contributed by atoms with E-state index in [0.29, 0.717) is 50.0 Å². The van der Waals surface area contributed by atoms with Crippen molar-refractivity contribution in [3.8, 4) is 17.2 Å². The van der Waals surface area contributed by atoms with Crippen molar-refractivity contribution in [2.45, 2.75) is 12.3 Å². The van der Waals surface area contributed by atoms with E-state index in [2.05, 4.69) is 9.88 Å². The van der Waals surface area contributed by atoms with Gasteiger partial charge in [-0.3, -0.25) is 4.90 Å². The second-order valence-corrected chi connectivity index (χ2v) is 8.04. The number of nitrogens with zero attached hydrogens (tertiary/aromatic N) is 3. The lowest BCUT2D eigenvalue weighted by atomic mass is 10.2. The van der Waals surface area contributed by atoms with Gasteiger partial charge in [-0.1, -0.05) is 18.2 Å². The first-order valence-electron chi connectivity index (χ1n) is 11.0. The van der Waals surface area contributed by atoms with Gasteiger partial charge in [-0.25, -0.2) is 4.98 Å². The number of pyridine rings is 1. The molecule has 1 N–H and O–H groups in total. The van der Waals surface area contributed by atoms with E-state index in [1.807, 2.05) is 47.4 Å². The van der Waals surface area contributed by atoms with Gasteiger partial charge in [0, 0.05) is 38.9 Å². The zero-order valence-electron chi connectivity index (χ0n) is 18.5. The Bertz CT molecular complexity index is 1020. The summed E-state index contributed by atoms with van der Waals surface area (Å²) in [6.07, 6.45) is -4.19. The minimum Gasteiger partial charge on any atom is -0.491 e. The second kappa shape index (κ2) is 10.8. The molecule has 0 amide bonds. The number of halogens is 3. The predicted molar refractivity (Wildman–Crippen MR) is 122 cm³/mol. The zero-order chi connectivity index (χ0) is 24.0. The molecular formula is C25H26F3N3O3.